The van der Waals surface area contributed by atoms with Gasteiger partial charge in [-0.2, -0.15) is 11.3 Å². The van der Waals surface area contributed by atoms with Gasteiger partial charge in [0.15, 0.2) is 0 Å². The third-order valence-electron chi connectivity index (χ3n) is 2.98. The first-order chi connectivity index (χ1) is 8.13. The molecule has 0 bridgehead atoms. The Balaban J connectivity index is 2.46. The third-order valence-corrected chi connectivity index (χ3v) is 4.73. The van der Waals surface area contributed by atoms with Gasteiger partial charge >= 0.3 is 0 Å². The summed E-state index contributed by atoms with van der Waals surface area (Å²) in [5, 5.41) is 7.73. The fourth-order valence-electron chi connectivity index (χ4n) is 2.13. The molecule has 0 spiro atoms. The number of aryl methyl sites for hydroxylation is 2. The van der Waals surface area contributed by atoms with Crippen LogP contribution < -0.4 is 5.32 Å². The molecule has 0 aliphatic rings. The van der Waals surface area contributed by atoms with E-state index in [9.17, 15) is 0 Å². The van der Waals surface area contributed by atoms with Crippen molar-refractivity contribution in [2.24, 2.45) is 0 Å². The van der Waals surface area contributed by atoms with Gasteiger partial charge in [0.05, 0.1) is 6.04 Å². The summed E-state index contributed by atoms with van der Waals surface area (Å²) in [5.41, 5.74) is 5.30. The van der Waals surface area contributed by atoms with Crippen LogP contribution in [-0.2, 0) is 0 Å². The van der Waals surface area contributed by atoms with E-state index in [0.717, 1.165) is 0 Å². The van der Waals surface area contributed by atoms with Gasteiger partial charge in [-0.15, -0.1) is 0 Å². The molecule has 2 rings (SSSR count). The summed E-state index contributed by atoms with van der Waals surface area (Å²) in [6.45, 7) is 4.30. The second-order valence-corrected chi connectivity index (χ2v) is 5.85. The molecule has 0 amide bonds. The van der Waals surface area contributed by atoms with Crippen molar-refractivity contribution in [3.8, 4) is 0 Å². The number of hydrogen-bond donors (Lipinski definition) is 1. The minimum absolute atomic E-state index is 0.260. The number of benzene rings is 1. The van der Waals surface area contributed by atoms with Crippen LogP contribution in [0.4, 0.5) is 0 Å². The van der Waals surface area contributed by atoms with Crippen molar-refractivity contribution >= 4 is 27.3 Å². The smallest absolute Gasteiger partial charge is 0.0596 e. The van der Waals surface area contributed by atoms with E-state index in [1.165, 1.54) is 26.7 Å². The highest BCUT2D eigenvalue weighted by Gasteiger charge is 2.17. The zero-order valence-electron chi connectivity index (χ0n) is 10.3. The van der Waals surface area contributed by atoms with E-state index >= 15 is 0 Å². The molecule has 0 aliphatic heterocycles. The van der Waals surface area contributed by atoms with Crippen LogP contribution in [0.5, 0.6) is 0 Å². The average molecular weight is 310 g/mol. The summed E-state index contributed by atoms with van der Waals surface area (Å²) in [6, 6.07) is 6.89. The van der Waals surface area contributed by atoms with Gasteiger partial charge in [0.25, 0.3) is 0 Å². The van der Waals surface area contributed by atoms with Gasteiger partial charge in [0.2, 0.25) is 0 Å². The maximum Gasteiger partial charge on any atom is 0.0596 e. The van der Waals surface area contributed by atoms with E-state index < -0.39 is 0 Å². The monoisotopic (exact) mass is 309 g/mol. The van der Waals surface area contributed by atoms with Gasteiger partial charge in [-0.3, -0.25) is 0 Å². The summed E-state index contributed by atoms with van der Waals surface area (Å²) < 4.78 is 1.18. The van der Waals surface area contributed by atoms with E-state index in [1.54, 1.807) is 11.3 Å². The lowest BCUT2D eigenvalue weighted by molar-refractivity contribution is 0.687. The molecule has 3 heteroatoms. The Morgan fingerprint density at radius 2 is 1.94 bits per heavy atom. The van der Waals surface area contributed by atoms with Crippen LogP contribution in [0.15, 0.2) is 33.4 Å². The van der Waals surface area contributed by atoms with E-state index in [4.69, 9.17) is 0 Å². The van der Waals surface area contributed by atoms with Crippen molar-refractivity contribution in [1.82, 2.24) is 5.32 Å². The van der Waals surface area contributed by atoms with Gasteiger partial charge in [-0.25, -0.2) is 0 Å². The minimum atomic E-state index is 0.260. The van der Waals surface area contributed by atoms with Crippen molar-refractivity contribution in [1.29, 1.82) is 0 Å². The molecule has 17 heavy (non-hydrogen) atoms. The maximum absolute atomic E-state index is 3.61. The van der Waals surface area contributed by atoms with Crippen LogP contribution in [0.25, 0.3) is 0 Å². The number of nitrogens with one attached hydrogen (secondary N) is 1. The first-order valence-electron chi connectivity index (χ1n) is 5.59. The molecule has 1 atom stereocenters. The molecule has 0 aliphatic carbocycles. The summed E-state index contributed by atoms with van der Waals surface area (Å²) in [5.74, 6) is 0. The first-order valence-corrected chi connectivity index (χ1v) is 7.33. The number of thiophene rings is 1. The zero-order valence-corrected chi connectivity index (χ0v) is 12.7. The molecule has 2 aromatic rings. The predicted molar refractivity (Wildman–Crippen MR) is 78.8 cm³/mol. The Labute approximate surface area is 115 Å². The maximum atomic E-state index is 3.61. The van der Waals surface area contributed by atoms with Gasteiger partial charge in [0.1, 0.15) is 0 Å². The van der Waals surface area contributed by atoms with Crippen molar-refractivity contribution in [2.45, 2.75) is 19.9 Å². The molecule has 1 aromatic carbocycles. The normalized spacial score (nSPS) is 12.7. The highest BCUT2D eigenvalue weighted by Crippen LogP contribution is 2.32. The molecule has 1 nitrogen and oxygen atoms in total. The second kappa shape index (κ2) is 5.34. The summed E-state index contributed by atoms with van der Waals surface area (Å²) >= 11 is 5.34. The van der Waals surface area contributed by atoms with E-state index in [1.807, 2.05) is 7.05 Å². The molecular weight excluding hydrogens is 294 g/mol. The van der Waals surface area contributed by atoms with Crippen LogP contribution in [0.3, 0.4) is 0 Å². The molecule has 1 heterocycles. The highest BCUT2D eigenvalue weighted by atomic mass is 79.9. The van der Waals surface area contributed by atoms with E-state index in [2.05, 4.69) is 64.1 Å². The van der Waals surface area contributed by atoms with Crippen molar-refractivity contribution < 1.29 is 0 Å². The van der Waals surface area contributed by atoms with Crippen molar-refractivity contribution in [3.05, 3.63) is 55.7 Å². The number of hydrogen-bond acceptors (Lipinski definition) is 2. The molecule has 0 radical (unpaired) electrons. The highest BCUT2D eigenvalue weighted by molar-refractivity contribution is 9.10. The summed E-state index contributed by atoms with van der Waals surface area (Å²) in [7, 11) is 2.01. The third kappa shape index (κ3) is 2.62. The largest absolute Gasteiger partial charge is 0.309 e. The van der Waals surface area contributed by atoms with Gasteiger partial charge in [-0.1, -0.05) is 23.8 Å². The Hall–Kier alpha value is -0.640. The molecule has 0 saturated heterocycles. The molecule has 1 unspecified atom stereocenters. The van der Waals surface area contributed by atoms with Gasteiger partial charge < -0.3 is 5.32 Å². The Kier molecular flexibility index (Phi) is 4.02. The minimum Gasteiger partial charge on any atom is -0.309 e. The second-order valence-electron chi connectivity index (χ2n) is 4.26. The number of halogens is 1. The Morgan fingerprint density at radius 1 is 1.18 bits per heavy atom. The standard InChI is InChI=1S/C14H16BrNS/c1-9-4-5-11(10(2)6-9)14(16-3)12-7-17-8-13(12)15/h4-8,14,16H,1-3H3. The lowest BCUT2D eigenvalue weighted by Gasteiger charge is -2.19. The molecule has 0 fully saturated rings. The lowest BCUT2D eigenvalue weighted by atomic mass is 9.95. The van der Waals surface area contributed by atoms with Crippen molar-refractivity contribution in [2.75, 3.05) is 7.05 Å². The summed E-state index contributed by atoms with van der Waals surface area (Å²) in [4.78, 5) is 0. The van der Waals surface area contributed by atoms with Crippen LogP contribution >= 0.6 is 27.3 Å². The molecule has 0 saturated carbocycles. The molecule has 1 N–H and O–H groups in total. The predicted octanol–water partition coefficient (Wildman–Crippen LogP) is 4.44. The van der Waals surface area contributed by atoms with Gasteiger partial charge in [-0.05, 0) is 58.9 Å². The average Bonchev–Trinajstić information content (AvgIpc) is 2.69. The fourth-order valence-corrected chi connectivity index (χ4v) is 3.68. The Morgan fingerprint density at radius 3 is 2.47 bits per heavy atom. The zero-order chi connectivity index (χ0) is 12.4. The van der Waals surface area contributed by atoms with Gasteiger partial charge in [0, 0.05) is 9.85 Å². The van der Waals surface area contributed by atoms with Crippen LogP contribution in [0.1, 0.15) is 28.3 Å². The quantitative estimate of drug-likeness (QED) is 0.884. The molecule has 1 aromatic heterocycles. The van der Waals surface area contributed by atoms with E-state index in [-0.39, 0.29) is 6.04 Å². The molecule has 90 valence electrons. The number of rotatable bonds is 3. The van der Waals surface area contributed by atoms with Crippen LogP contribution in [0.2, 0.25) is 0 Å². The van der Waals surface area contributed by atoms with Crippen molar-refractivity contribution in [3.63, 3.8) is 0 Å². The SMILES string of the molecule is CNC(c1ccc(C)cc1C)c1cscc1Br. The topological polar surface area (TPSA) is 12.0 Å². The lowest BCUT2D eigenvalue weighted by Crippen LogP contribution is -2.18. The van der Waals surface area contributed by atoms with Crippen LogP contribution in [-0.4, -0.2) is 7.05 Å². The fraction of sp³-hybridized carbons (Fsp3) is 0.286. The Bertz CT molecular complexity index is 519. The van der Waals surface area contributed by atoms with Crippen LogP contribution in [0, 0.1) is 13.8 Å². The summed E-state index contributed by atoms with van der Waals surface area (Å²) in [6.07, 6.45) is 0. The molecular formula is C14H16BrNS. The van der Waals surface area contributed by atoms with E-state index in [0.29, 0.717) is 0 Å². The first kappa shape index (κ1) is 12.8.